The van der Waals surface area contributed by atoms with Crippen LogP contribution in [0.5, 0.6) is 0 Å². The number of esters is 1. The number of alkyl halides is 3. The number of furan rings is 1. The summed E-state index contributed by atoms with van der Waals surface area (Å²) in [6.45, 7) is 3.57. The first-order valence-corrected chi connectivity index (χ1v) is 9.64. The summed E-state index contributed by atoms with van der Waals surface area (Å²) in [7, 11) is 1.31. The number of rotatable bonds is 9. The number of carbonyl (C=O) groups is 1. The third-order valence-corrected chi connectivity index (χ3v) is 4.13. The van der Waals surface area contributed by atoms with Gasteiger partial charge in [-0.1, -0.05) is 24.3 Å². The monoisotopic (exact) mass is 441 g/mol. The second-order valence-electron chi connectivity index (χ2n) is 6.65. The van der Waals surface area contributed by atoms with E-state index < -0.39 is 18.8 Å². The lowest BCUT2D eigenvalue weighted by molar-refractivity contribution is -0.176. The van der Waals surface area contributed by atoms with Crippen molar-refractivity contribution in [3.05, 3.63) is 58.5 Å². The number of carbonyl (C=O) groups excluding carboxylic acids is 1. The van der Waals surface area contributed by atoms with Crippen molar-refractivity contribution in [2.45, 2.75) is 39.7 Å². The number of guanidine groups is 1. The van der Waals surface area contributed by atoms with E-state index in [-0.39, 0.29) is 6.61 Å². The van der Waals surface area contributed by atoms with Crippen LogP contribution >= 0.6 is 0 Å². The second kappa shape index (κ2) is 11.4. The number of hydrogen-bond donors (Lipinski definition) is 2. The standard InChI is InChI=1S/C21H26F3N3O4/c1-4-25-20(27-11-17-9-18(14(2)31-17)19(28)29-3)26-10-15-5-7-16(8-6-15)12-30-13-21(22,23)24/h5-9H,4,10-13H2,1-3H3,(H2,25,26,27). The van der Waals surface area contributed by atoms with Crippen molar-refractivity contribution in [1.82, 2.24) is 10.6 Å². The highest BCUT2D eigenvalue weighted by Crippen LogP contribution is 2.17. The number of aryl methyl sites for hydroxylation is 1. The Bertz CT molecular complexity index is 877. The first-order chi connectivity index (χ1) is 14.7. The number of methoxy groups -OCH3 is 1. The van der Waals surface area contributed by atoms with E-state index in [1.165, 1.54) is 7.11 Å². The zero-order valence-corrected chi connectivity index (χ0v) is 17.6. The van der Waals surface area contributed by atoms with Gasteiger partial charge in [-0.05, 0) is 31.0 Å². The molecule has 2 N–H and O–H groups in total. The van der Waals surface area contributed by atoms with Crippen LogP contribution in [0.3, 0.4) is 0 Å². The molecule has 0 fully saturated rings. The topological polar surface area (TPSA) is 85.1 Å². The van der Waals surface area contributed by atoms with E-state index in [9.17, 15) is 18.0 Å². The smallest absolute Gasteiger partial charge is 0.411 e. The van der Waals surface area contributed by atoms with Crippen molar-refractivity contribution < 1.29 is 31.9 Å². The number of ether oxygens (including phenoxy) is 2. The second-order valence-corrected chi connectivity index (χ2v) is 6.65. The van der Waals surface area contributed by atoms with Gasteiger partial charge in [0, 0.05) is 6.54 Å². The molecule has 7 nitrogen and oxygen atoms in total. The average molecular weight is 441 g/mol. The fourth-order valence-electron chi connectivity index (χ4n) is 2.65. The van der Waals surface area contributed by atoms with Gasteiger partial charge in [0.25, 0.3) is 0 Å². The van der Waals surface area contributed by atoms with Crippen LogP contribution in [-0.4, -0.2) is 38.4 Å². The summed E-state index contributed by atoms with van der Waals surface area (Å²) in [6.07, 6.45) is -4.33. The molecule has 0 unspecified atom stereocenters. The summed E-state index contributed by atoms with van der Waals surface area (Å²) >= 11 is 0. The van der Waals surface area contributed by atoms with E-state index in [1.54, 1.807) is 37.3 Å². The van der Waals surface area contributed by atoms with Crippen LogP contribution in [0.15, 0.2) is 39.7 Å². The molecule has 0 amide bonds. The minimum atomic E-state index is -4.33. The Morgan fingerprint density at radius 1 is 1.16 bits per heavy atom. The van der Waals surface area contributed by atoms with Crippen molar-refractivity contribution in [2.75, 3.05) is 20.3 Å². The summed E-state index contributed by atoms with van der Waals surface area (Å²) in [5.74, 6) is 1.13. The molecule has 10 heteroatoms. The van der Waals surface area contributed by atoms with Gasteiger partial charge in [-0.3, -0.25) is 0 Å². The molecule has 1 aromatic heterocycles. The van der Waals surface area contributed by atoms with Crippen LogP contribution in [-0.2, 0) is 29.2 Å². The van der Waals surface area contributed by atoms with Gasteiger partial charge in [-0.15, -0.1) is 0 Å². The van der Waals surface area contributed by atoms with Crippen LogP contribution < -0.4 is 10.6 Å². The average Bonchev–Trinajstić information content (AvgIpc) is 3.10. The molecular formula is C21H26F3N3O4. The molecule has 0 atom stereocenters. The van der Waals surface area contributed by atoms with E-state index in [2.05, 4.69) is 20.4 Å². The van der Waals surface area contributed by atoms with E-state index in [1.807, 2.05) is 6.92 Å². The molecular weight excluding hydrogens is 415 g/mol. The normalized spacial score (nSPS) is 12.0. The molecule has 1 aromatic carbocycles. The van der Waals surface area contributed by atoms with Crippen LogP contribution in [0, 0.1) is 6.92 Å². The molecule has 2 aromatic rings. The van der Waals surface area contributed by atoms with Crippen LogP contribution in [0.1, 0.15) is 39.9 Å². The number of hydrogen-bond acceptors (Lipinski definition) is 5. The van der Waals surface area contributed by atoms with Crippen molar-refractivity contribution in [2.24, 2.45) is 4.99 Å². The summed E-state index contributed by atoms with van der Waals surface area (Å²) in [5, 5.41) is 6.24. The fraction of sp³-hybridized carbons (Fsp3) is 0.429. The maximum Gasteiger partial charge on any atom is 0.411 e. The third-order valence-electron chi connectivity index (χ3n) is 4.13. The Hall–Kier alpha value is -3.01. The first-order valence-electron chi connectivity index (χ1n) is 9.64. The highest BCUT2D eigenvalue weighted by molar-refractivity contribution is 5.90. The van der Waals surface area contributed by atoms with Crippen molar-refractivity contribution >= 4 is 11.9 Å². The molecule has 170 valence electrons. The van der Waals surface area contributed by atoms with E-state index >= 15 is 0 Å². The predicted octanol–water partition coefficient (Wildman–Crippen LogP) is 3.71. The first kappa shape index (κ1) is 24.3. The predicted molar refractivity (Wildman–Crippen MR) is 109 cm³/mol. The summed E-state index contributed by atoms with van der Waals surface area (Å²) in [4.78, 5) is 16.2. The van der Waals surface area contributed by atoms with E-state index in [4.69, 9.17) is 9.15 Å². The largest absolute Gasteiger partial charge is 0.465 e. The van der Waals surface area contributed by atoms with E-state index in [0.717, 1.165) is 5.56 Å². The van der Waals surface area contributed by atoms with Gasteiger partial charge < -0.3 is 24.5 Å². The lowest BCUT2D eigenvalue weighted by Crippen LogP contribution is -2.36. The molecule has 0 bridgehead atoms. The molecule has 0 aliphatic rings. The minimum absolute atomic E-state index is 0.108. The number of nitrogens with zero attached hydrogens (tertiary/aromatic N) is 1. The van der Waals surface area contributed by atoms with Gasteiger partial charge in [0.15, 0.2) is 5.96 Å². The molecule has 0 spiro atoms. The summed E-state index contributed by atoms with van der Waals surface area (Å²) in [5.41, 5.74) is 1.91. The Kier molecular flexibility index (Phi) is 8.92. The molecule has 2 rings (SSSR count). The Morgan fingerprint density at radius 2 is 1.84 bits per heavy atom. The van der Waals surface area contributed by atoms with Crippen molar-refractivity contribution in [1.29, 1.82) is 0 Å². The minimum Gasteiger partial charge on any atom is -0.465 e. The van der Waals surface area contributed by atoms with Gasteiger partial charge >= 0.3 is 12.1 Å². The molecule has 1 heterocycles. The van der Waals surface area contributed by atoms with Crippen molar-refractivity contribution in [3.8, 4) is 0 Å². The zero-order valence-electron chi connectivity index (χ0n) is 17.6. The lowest BCUT2D eigenvalue weighted by Gasteiger charge is -2.10. The van der Waals surface area contributed by atoms with Gasteiger partial charge in [-0.2, -0.15) is 13.2 Å². The summed E-state index contributed by atoms with van der Waals surface area (Å²) in [6, 6.07) is 8.62. The van der Waals surface area contributed by atoms with Gasteiger partial charge in [0.2, 0.25) is 0 Å². The molecule has 0 saturated heterocycles. The fourth-order valence-corrected chi connectivity index (χ4v) is 2.65. The SMILES string of the molecule is CCNC(=NCc1ccc(COCC(F)(F)F)cc1)NCc1cc(C(=O)OC)c(C)o1. The van der Waals surface area contributed by atoms with Crippen LogP contribution in [0.2, 0.25) is 0 Å². The maximum absolute atomic E-state index is 12.1. The molecule has 0 aliphatic carbocycles. The van der Waals surface area contributed by atoms with Gasteiger partial charge in [-0.25, -0.2) is 9.79 Å². The number of aliphatic imine (C=N–C) groups is 1. The van der Waals surface area contributed by atoms with Gasteiger partial charge in [0.1, 0.15) is 23.7 Å². The van der Waals surface area contributed by atoms with E-state index in [0.29, 0.717) is 48.2 Å². The Labute approximate surface area is 178 Å². The summed E-state index contributed by atoms with van der Waals surface area (Å²) < 4.78 is 51.3. The highest BCUT2D eigenvalue weighted by atomic mass is 19.4. The zero-order chi connectivity index (χ0) is 22.9. The molecule has 0 saturated carbocycles. The number of nitrogens with one attached hydrogen (secondary N) is 2. The quantitative estimate of drug-likeness (QED) is 0.351. The van der Waals surface area contributed by atoms with Crippen LogP contribution in [0.25, 0.3) is 0 Å². The number of halogens is 3. The molecule has 31 heavy (non-hydrogen) atoms. The molecule has 0 aliphatic heterocycles. The van der Waals surface area contributed by atoms with Gasteiger partial charge in [0.05, 0.1) is 26.8 Å². The Balaban J connectivity index is 1.91. The highest BCUT2D eigenvalue weighted by Gasteiger charge is 2.27. The van der Waals surface area contributed by atoms with Crippen LogP contribution in [0.4, 0.5) is 13.2 Å². The third kappa shape index (κ3) is 8.33. The molecule has 0 radical (unpaired) electrons. The Morgan fingerprint density at radius 3 is 2.45 bits per heavy atom. The maximum atomic E-state index is 12.1. The number of benzene rings is 1. The lowest BCUT2D eigenvalue weighted by atomic mass is 10.1. The van der Waals surface area contributed by atoms with Crippen molar-refractivity contribution in [3.63, 3.8) is 0 Å².